The number of likely N-dealkylation sites (tertiary alicyclic amines) is 1. The van der Waals surface area contributed by atoms with Gasteiger partial charge in [-0.25, -0.2) is 22.4 Å². The maximum atomic E-state index is 14.4. The molecule has 5 rings (SSSR count). The molecule has 5 unspecified atom stereocenters. The standard InChI is InChI=1S/C35H46FN5O10S/c1-7-21-15-35(21,31(45)39-52(48,49)23-11-12-23)38-29(43)27-13-22(50-33(47)40-16-20-9-8-10-25(36)24(20)18-40)17-41(27)30(44)26(14-28(42)19(2)3)37-32(46)51-34(4,5)6/h8-10,21-23,26-27H,2,7,11-18H2,1,3-6H3,(H,37,46)(H,38,43)(H,39,45). The molecule has 3 N–H and O–H groups in total. The van der Waals surface area contributed by atoms with E-state index in [4.69, 9.17) is 9.47 Å². The van der Waals surface area contributed by atoms with Crippen LogP contribution in [0.5, 0.6) is 0 Å². The van der Waals surface area contributed by atoms with E-state index in [0.29, 0.717) is 30.4 Å². The molecule has 5 atom stereocenters. The molecule has 0 spiro atoms. The second-order valence-electron chi connectivity index (χ2n) is 15.0. The zero-order valence-corrected chi connectivity index (χ0v) is 30.8. The number of fused-ring (bicyclic) bond motifs is 1. The molecule has 1 aromatic carbocycles. The van der Waals surface area contributed by atoms with E-state index in [0.717, 1.165) is 4.90 Å². The second-order valence-corrected chi connectivity index (χ2v) is 17.0. The number of hydrogen-bond acceptors (Lipinski definition) is 10. The smallest absolute Gasteiger partial charge is 0.410 e. The van der Waals surface area contributed by atoms with E-state index in [9.17, 15) is 41.6 Å². The second kappa shape index (κ2) is 14.5. The highest BCUT2D eigenvalue weighted by Crippen LogP contribution is 2.47. The molecular formula is C35H46FN5O10S. The molecule has 2 heterocycles. The molecule has 2 saturated carbocycles. The number of hydrogen-bond donors (Lipinski definition) is 3. The molecule has 284 valence electrons. The van der Waals surface area contributed by atoms with Gasteiger partial charge in [-0.1, -0.05) is 32.1 Å². The van der Waals surface area contributed by atoms with E-state index in [1.165, 1.54) is 24.0 Å². The van der Waals surface area contributed by atoms with Crippen LogP contribution in [0, 0.1) is 11.7 Å². The third kappa shape index (κ3) is 8.56. The van der Waals surface area contributed by atoms with Crippen molar-refractivity contribution in [2.24, 2.45) is 5.92 Å². The van der Waals surface area contributed by atoms with Gasteiger partial charge in [0.2, 0.25) is 21.8 Å². The van der Waals surface area contributed by atoms with Crippen LogP contribution in [0.3, 0.4) is 0 Å². The van der Waals surface area contributed by atoms with Crippen LogP contribution in [0.25, 0.3) is 0 Å². The van der Waals surface area contributed by atoms with Crippen LogP contribution in [0.4, 0.5) is 14.0 Å². The molecule has 15 nitrogen and oxygen atoms in total. The lowest BCUT2D eigenvalue weighted by Gasteiger charge is -2.30. The van der Waals surface area contributed by atoms with Crippen molar-refractivity contribution in [1.82, 2.24) is 25.2 Å². The number of carbonyl (C=O) groups excluding carboxylic acids is 6. The highest BCUT2D eigenvalue weighted by Gasteiger charge is 2.62. The average molecular weight is 748 g/mol. The van der Waals surface area contributed by atoms with Crippen molar-refractivity contribution in [2.75, 3.05) is 6.54 Å². The fourth-order valence-corrected chi connectivity index (χ4v) is 7.97. The number of Topliss-reactive ketones (excluding diaryl/α,β-unsaturated/α-hetero) is 1. The van der Waals surface area contributed by atoms with E-state index in [2.05, 4.69) is 21.9 Å². The predicted octanol–water partition coefficient (Wildman–Crippen LogP) is 2.57. The molecular weight excluding hydrogens is 701 g/mol. The molecule has 2 aliphatic heterocycles. The van der Waals surface area contributed by atoms with Gasteiger partial charge >= 0.3 is 12.2 Å². The van der Waals surface area contributed by atoms with Gasteiger partial charge in [-0.15, -0.1) is 0 Å². The van der Waals surface area contributed by atoms with Gasteiger partial charge in [0.15, 0.2) is 5.78 Å². The van der Waals surface area contributed by atoms with Gasteiger partial charge in [0.25, 0.3) is 5.91 Å². The first-order valence-electron chi connectivity index (χ1n) is 17.3. The number of allylic oxidation sites excluding steroid dienone is 1. The molecule has 5 amide bonds. The molecule has 1 saturated heterocycles. The quantitative estimate of drug-likeness (QED) is 0.267. The third-order valence-corrected chi connectivity index (χ3v) is 11.5. The fraction of sp³-hybridized carbons (Fsp3) is 0.600. The number of nitrogens with zero attached hydrogens (tertiary/aromatic N) is 2. The SMILES string of the molecule is C=C(C)C(=O)CC(NC(=O)OC(C)(C)C)C(=O)N1CC(OC(=O)N2Cc3cccc(F)c3C2)CC1C(=O)NC1(C(=O)NS(=O)(=O)C2CC2)CC1CC. The Hall–Kier alpha value is -4.54. The topological polar surface area (TPSA) is 198 Å². The van der Waals surface area contributed by atoms with Gasteiger partial charge in [-0.2, -0.15) is 0 Å². The van der Waals surface area contributed by atoms with Crippen molar-refractivity contribution in [3.8, 4) is 0 Å². The first-order valence-corrected chi connectivity index (χ1v) is 18.9. The lowest BCUT2D eigenvalue weighted by Crippen LogP contribution is -2.58. The first-order chi connectivity index (χ1) is 24.2. The van der Waals surface area contributed by atoms with Crippen molar-refractivity contribution in [3.63, 3.8) is 0 Å². The lowest BCUT2D eigenvalue weighted by molar-refractivity contribution is -0.142. The van der Waals surface area contributed by atoms with Crippen LogP contribution < -0.4 is 15.4 Å². The van der Waals surface area contributed by atoms with Crippen molar-refractivity contribution in [1.29, 1.82) is 0 Å². The molecule has 2 aliphatic carbocycles. The summed E-state index contributed by atoms with van der Waals surface area (Å²) in [5.74, 6) is -3.97. The van der Waals surface area contributed by atoms with Gasteiger partial charge in [-0.05, 0) is 70.1 Å². The van der Waals surface area contributed by atoms with Crippen LogP contribution in [0.2, 0.25) is 0 Å². The summed E-state index contributed by atoms with van der Waals surface area (Å²) < 4.78 is 52.9. The summed E-state index contributed by atoms with van der Waals surface area (Å²) >= 11 is 0. The number of ketones is 1. The number of carbonyl (C=O) groups is 6. The molecule has 1 aromatic rings. The monoisotopic (exact) mass is 747 g/mol. The Kier molecular flexibility index (Phi) is 10.8. The molecule has 3 fully saturated rings. The van der Waals surface area contributed by atoms with Crippen LogP contribution in [-0.4, -0.2) is 95.0 Å². The lowest BCUT2D eigenvalue weighted by atomic mass is 10.0. The Morgan fingerprint density at radius 3 is 2.38 bits per heavy atom. The van der Waals surface area contributed by atoms with Gasteiger partial charge in [0.1, 0.15) is 35.1 Å². The molecule has 17 heteroatoms. The van der Waals surface area contributed by atoms with Gasteiger partial charge in [0, 0.05) is 24.9 Å². The van der Waals surface area contributed by atoms with E-state index in [-0.39, 0.29) is 38.0 Å². The molecule has 52 heavy (non-hydrogen) atoms. The Morgan fingerprint density at radius 1 is 1.12 bits per heavy atom. The maximum absolute atomic E-state index is 14.4. The Labute approximate surface area is 302 Å². The minimum atomic E-state index is -3.94. The van der Waals surface area contributed by atoms with Crippen molar-refractivity contribution in [3.05, 3.63) is 47.3 Å². The number of benzene rings is 1. The maximum Gasteiger partial charge on any atom is 0.410 e. The van der Waals surface area contributed by atoms with E-state index in [1.807, 2.05) is 0 Å². The molecule has 0 aromatic heterocycles. The number of rotatable bonds is 12. The zero-order chi connectivity index (χ0) is 38.3. The third-order valence-electron chi connectivity index (χ3n) is 9.70. The van der Waals surface area contributed by atoms with E-state index in [1.54, 1.807) is 33.8 Å². The fourth-order valence-electron chi connectivity index (χ4n) is 6.61. The summed E-state index contributed by atoms with van der Waals surface area (Å²) in [6, 6.07) is 1.61. The number of amides is 5. The van der Waals surface area contributed by atoms with Gasteiger partial charge < -0.3 is 25.0 Å². The van der Waals surface area contributed by atoms with Crippen LogP contribution in [0.1, 0.15) is 84.3 Å². The molecule has 0 bridgehead atoms. The predicted molar refractivity (Wildman–Crippen MR) is 183 cm³/mol. The largest absolute Gasteiger partial charge is 0.444 e. The summed E-state index contributed by atoms with van der Waals surface area (Å²) in [6.07, 6.45) is -2.21. The normalized spacial score (nSPS) is 24.3. The highest BCUT2D eigenvalue weighted by atomic mass is 32.2. The van der Waals surface area contributed by atoms with Crippen molar-refractivity contribution >= 4 is 45.7 Å². The van der Waals surface area contributed by atoms with Crippen LogP contribution in [0.15, 0.2) is 30.4 Å². The van der Waals surface area contributed by atoms with E-state index < -0.39 is 98.4 Å². The number of halogens is 1. The van der Waals surface area contributed by atoms with E-state index >= 15 is 0 Å². The van der Waals surface area contributed by atoms with Crippen molar-refractivity contribution in [2.45, 2.75) is 121 Å². The summed E-state index contributed by atoms with van der Waals surface area (Å²) in [4.78, 5) is 83.0. The number of nitrogens with one attached hydrogen (secondary N) is 3. The van der Waals surface area contributed by atoms with Gasteiger partial charge in [-0.3, -0.25) is 28.8 Å². The number of sulfonamides is 1. The van der Waals surface area contributed by atoms with Crippen LogP contribution in [-0.2, 0) is 51.8 Å². The Bertz CT molecular complexity index is 1790. The molecule has 0 radical (unpaired) electrons. The summed E-state index contributed by atoms with van der Waals surface area (Å²) in [5, 5.41) is 4.44. The Morgan fingerprint density at radius 2 is 1.81 bits per heavy atom. The van der Waals surface area contributed by atoms with Gasteiger partial charge in [0.05, 0.1) is 18.3 Å². The minimum absolute atomic E-state index is 0.0508. The first kappa shape index (κ1) is 38.7. The zero-order valence-electron chi connectivity index (χ0n) is 30.0. The highest BCUT2D eigenvalue weighted by molar-refractivity contribution is 7.91. The molecule has 4 aliphatic rings. The summed E-state index contributed by atoms with van der Waals surface area (Å²) in [6.45, 7) is 11.4. The van der Waals surface area contributed by atoms with Crippen molar-refractivity contribution < 1.29 is 51.0 Å². The average Bonchev–Trinajstić information content (AvgIpc) is 3.94. The summed E-state index contributed by atoms with van der Waals surface area (Å²) in [7, 11) is -3.94. The Balaban J connectivity index is 1.39. The number of alkyl carbamates (subject to hydrolysis) is 1. The minimum Gasteiger partial charge on any atom is -0.444 e. The summed E-state index contributed by atoms with van der Waals surface area (Å²) in [5.41, 5.74) is -1.45. The number of ether oxygens (including phenoxy) is 2. The van der Waals surface area contributed by atoms with Crippen LogP contribution >= 0.6 is 0 Å².